The van der Waals surface area contributed by atoms with Gasteiger partial charge in [-0.3, -0.25) is 4.79 Å². The molecule has 0 N–H and O–H groups in total. The van der Waals surface area contributed by atoms with Gasteiger partial charge in [-0.1, -0.05) is 36.4 Å². The molecule has 0 fully saturated rings. The minimum absolute atomic E-state index is 0.212. The van der Waals surface area contributed by atoms with Gasteiger partial charge >= 0.3 is 5.97 Å². The Kier molecular flexibility index (Phi) is 4.48. The van der Waals surface area contributed by atoms with Crippen LogP contribution in [0.3, 0.4) is 0 Å². The van der Waals surface area contributed by atoms with E-state index in [0.29, 0.717) is 6.61 Å². The fourth-order valence-corrected chi connectivity index (χ4v) is 1.10. The molecule has 0 heterocycles. The summed E-state index contributed by atoms with van der Waals surface area (Å²) in [5.41, 5.74) is 1.18. The second-order valence-electron chi connectivity index (χ2n) is 2.95. The lowest BCUT2D eigenvalue weighted by molar-refractivity contribution is -0.142. The van der Waals surface area contributed by atoms with Crippen LogP contribution in [0.4, 0.5) is 0 Å². The second kappa shape index (κ2) is 5.97. The highest BCUT2D eigenvalue weighted by Gasteiger charge is 1.98. The van der Waals surface area contributed by atoms with Crippen LogP contribution in [0.1, 0.15) is 12.0 Å². The van der Waals surface area contributed by atoms with E-state index in [-0.39, 0.29) is 12.4 Å². The number of rotatable bonds is 5. The van der Waals surface area contributed by atoms with Gasteiger partial charge in [0.1, 0.15) is 0 Å². The van der Waals surface area contributed by atoms with Gasteiger partial charge in [-0.2, -0.15) is 0 Å². The molecule has 0 saturated heterocycles. The Morgan fingerprint density at radius 1 is 1.36 bits per heavy atom. The summed E-state index contributed by atoms with van der Waals surface area (Å²) in [6, 6.07) is 9.94. The third-order valence-corrected chi connectivity index (χ3v) is 1.81. The lowest BCUT2D eigenvalue weighted by atomic mass is 10.2. The highest BCUT2D eigenvalue weighted by Crippen LogP contribution is 2.00. The predicted octanol–water partition coefficient (Wildman–Crippen LogP) is 2.35. The molecule has 0 spiro atoms. The SMILES string of the molecule is C=CCC(=O)OCCc1ccccc1. The molecule has 0 saturated carbocycles. The lowest BCUT2D eigenvalue weighted by Crippen LogP contribution is -2.06. The molecule has 0 unspecified atom stereocenters. The molecule has 0 bridgehead atoms. The normalized spacial score (nSPS) is 9.43. The summed E-state index contributed by atoms with van der Waals surface area (Å²) in [4.78, 5) is 10.9. The molecule has 0 amide bonds. The summed E-state index contributed by atoms with van der Waals surface area (Å²) in [7, 11) is 0. The topological polar surface area (TPSA) is 26.3 Å². The fraction of sp³-hybridized carbons (Fsp3) is 0.250. The van der Waals surface area contributed by atoms with Crippen LogP contribution in [-0.4, -0.2) is 12.6 Å². The number of esters is 1. The number of carbonyl (C=O) groups excluding carboxylic acids is 1. The van der Waals surface area contributed by atoms with E-state index < -0.39 is 0 Å². The molecule has 0 aliphatic heterocycles. The molecule has 0 aliphatic carbocycles. The number of benzene rings is 1. The van der Waals surface area contributed by atoms with Crippen molar-refractivity contribution in [3.05, 3.63) is 48.6 Å². The first-order valence-corrected chi connectivity index (χ1v) is 4.63. The van der Waals surface area contributed by atoms with E-state index in [2.05, 4.69) is 6.58 Å². The first kappa shape index (κ1) is 10.5. The largest absolute Gasteiger partial charge is 0.465 e. The summed E-state index contributed by atoms with van der Waals surface area (Å²) in [5.74, 6) is -0.212. The van der Waals surface area contributed by atoms with Crippen molar-refractivity contribution in [3.63, 3.8) is 0 Å². The van der Waals surface area contributed by atoms with Gasteiger partial charge in [-0.15, -0.1) is 6.58 Å². The highest BCUT2D eigenvalue weighted by molar-refractivity contribution is 5.70. The van der Waals surface area contributed by atoms with Gasteiger partial charge in [-0.25, -0.2) is 0 Å². The van der Waals surface area contributed by atoms with Gasteiger partial charge in [0.25, 0.3) is 0 Å². The van der Waals surface area contributed by atoms with Gasteiger partial charge in [0.15, 0.2) is 0 Å². The van der Waals surface area contributed by atoms with Crippen molar-refractivity contribution in [2.75, 3.05) is 6.61 Å². The molecule has 74 valence electrons. The van der Waals surface area contributed by atoms with Crippen molar-refractivity contribution in [3.8, 4) is 0 Å². The number of hydrogen-bond donors (Lipinski definition) is 0. The molecule has 0 atom stereocenters. The molecular formula is C12H14O2. The maximum Gasteiger partial charge on any atom is 0.309 e. The lowest BCUT2D eigenvalue weighted by Gasteiger charge is -2.02. The van der Waals surface area contributed by atoms with E-state index in [1.54, 1.807) is 6.08 Å². The maximum absolute atomic E-state index is 10.9. The van der Waals surface area contributed by atoms with Gasteiger partial charge < -0.3 is 4.74 Å². The predicted molar refractivity (Wildman–Crippen MR) is 55.9 cm³/mol. The molecule has 0 radical (unpaired) electrons. The van der Waals surface area contributed by atoms with Crippen LogP contribution in [-0.2, 0) is 16.0 Å². The van der Waals surface area contributed by atoms with Crippen molar-refractivity contribution >= 4 is 5.97 Å². The molecular weight excluding hydrogens is 176 g/mol. The standard InChI is InChI=1S/C12H14O2/c1-2-6-12(13)14-10-9-11-7-4-3-5-8-11/h2-5,7-8H,1,6,9-10H2. The molecule has 14 heavy (non-hydrogen) atoms. The van der Waals surface area contributed by atoms with E-state index in [0.717, 1.165) is 6.42 Å². The zero-order valence-electron chi connectivity index (χ0n) is 8.11. The first-order chi connectivity index (χ1) is 6.83. The summed E-state index contributed by atoms with van der Waals surface area (Å²) in [5, 5.41) is 0. The number of hydrogen-bond acceptors (Lipinski definition) is 2. The van der Waals surface area contributed by atoms with Crippen LogP contribution < -0.4 is 0 Å². The average Bonchev–Trinajstić information content (AvgIpc) is 2.20. The van der Waals surface area contributed by atoms with Crippen LogP contribution in [0, 0.1) is 0 Å². The average molecular weight is 190 g/mol. The van der Waals surface area contributed by atoms with Crippen molar-refractivity contribution in [2.24, 2.45) is 0 Å². The Morgan fingerprint density at radius 3 is 2.71 bits per heavy atom. The number of carbonyl (C=O) groups is 1. The quantitative estimate of drug-likeness (QED) is 0.526. The molecule has 1 aromatic carbocycles. The molecule has 1 rings (SSSR count). The maximum atomic E-state index is 10.9. The van der Waals surface area contributed by atoms with Crippen LogP contribution in [0.15, 0.2) is 43.0 Å². The zero-order chi connectivity index (χ0) is 10.2. The molecule has 1 aromatic rings. The van der Waals surface area contributed by atoms with Crippen LogP contribution in [0.2, 0.25) is 0 Å². The van der Waals surface area contributed by atoms with Crippen molar-refractivity contribution in [1.82, 2.24) is 0 Å². The second-order valence-corrected chi connectivity index (χ2v) is 2.95. The zero-order valence-corrected chi connectivity index (χ0v) is 8.11. The minimum Gasteiger partial charge on any atom is -0.465 e. The number of ether oxygens (including phenoxy) is 1. The van der Waals surface area contributed by atoms with Crippen LogP contribution in [0.25, 0.3) is 0 Å². The van der Waals surface area contributed by atoms with Crippen molar-refractivity contribution < 1.29 is 9.53 Å². The first-order valence-electron chi connectivity index (χ1n) is 4.63. The van der Waals surface area contributed by atoms with Crippen LogP contribution in [0.5, 0.6) is 0 Å². The molecule has 0 aliphatic rings. The third-order valence-electron chi connectivity index (χ3n) is 1.81. The summed E-state index contributed by atoms with van der Waals surface area (Å²) in [6.45, 7) is 3.91. The molecule has 2 nitrogen and oxygen atoms in total. The molecule has 0 aromatic heterocycles. The summed E-state index contributed by atoms with van der Waals surface area (Å²) < 4.78 is 4.98. The van der Waals surface area contributed by atoms with Gasteiger partial charge in [0.2, 0.25) is 0 Å². The van der Waals surface area contributed by atoms with Crippen LogP contribution >= 0.6 is 0 Å². The summed E-state index contributed by atoms with van der Waals surface area (Å²) in [6.07, 6.45) is 2.60. The monoisotopic (exact) mass is 190 g/mol. The smallest absolute Gasteiger partial charge is 0.309 e. The fourth-order valence-electron chi connectivity index (χ4n) is 1.10. The minimum atomic E-state index is -0.212. The third kappa shape index (κ3) is 3.90. The van der Waals surface area contributed by atoms with Crippen molar-refractivity contribution in [2.45, 2.75) is 12.8 Å². The van der Waals surface area contributed by atoms with E-state index in [1.807, 2.05) is 30.3 Å². The van der Waals surface area contributed by atoms with Crippen molar-refractivity contribution in [1.29, 1.82) is 0 Å². The Morgan fingerprint density at radius 2 is 2.07 bits per heavy atom. The Labute approximate surface area is 84.2 Å². The van der Waals surface area contributed by atoms with Gasteiger partial charge in [-0.05, 0) is 5.56 Å². The van der Waals surface area contributed by atoms with E-state index in [1.165, 1.54) is 5.56 Å². The van der Waals surface area contributed by atoms with Gasteiger partial charge in [0, 0.05) is 6.42 Å². The van der Waals surface area contributed by atoms with E-state index >= 15 is 0 Å². The summed E-state index contributed by atoms with van der Waals surface area (Å²) >= 11 is 0. The molecule has 2 heteroatoms. The van der Waals surface area contributed by atoms with E-state index in [4.69, 9.17) is 4.74 Å². The Bertz CT molecular complexity index is 290. The van der Waals surface area contributed by atoms with Gasteiger partial charge in [0.05, 0.1) is 13.0 Å². The van der Waals surface area contributed by atoms with E-state index in [9.17, 15) is 4.79 Å². The highest BCUT2D eigenvalue weighted by atomic mass is 16.5. The Hall–Kier alpha value is -1.57. The Balaban J connectivity index is 2.22.